The lowest BCUT2D eigenvalue weighted by Gasteiger charge is -2.22. The SMILES string of the molecule is CO/N=C\c1cnn2c(NC(C)C(F)(F)F)c(-c3ncccc3C(F)(F)F)c(Cl)nc12. The van der Waals surface area contributed by atoms with Crippen molar-refractivity contribution in [1.29, 1.82) is 0 Å². The summed E-state index contributed by atoms with van der Waals surface area (Å²) in [6.07, 6.45) is -6.15. The average Bonchev–Trinajstić information content (AvgIpc) is 3.07. The number of fused-ring (bicyclic) bond motifs is 1. The summed E-state index contributed by atoms with van der Waals surface area (Å²) in [6, 6.07) is -0.379. The van der Waals surface area contributed by atoms with Gasteiger partial charge >= 0.3 is 12.4 Å². The zero-order valence-electron chi connectivity index (χ0n) is 15.8. The average molecular weight is 467 g/mol. The van der Waals surface area contributed by atoms with Crippen LogP contribution < -0.4 is 5.32 Å². The molecular weight excluding hydrogens is 454 g/mol. The van der Waals surface area contributed by atoms with Crippen LogP contribution in [0.2, 0.25) is 5.15 Å². The summed E-state index contributed by atoms with van der Waals surface area (Å²) in [6.45, 7) is 0.795. The Morgan fingerprint density at radius 1 is 1.26 bits per heavy atom. The Morgan fingerprint density at radius 3 is 2.58 bits per heavy atom. The van der Waals surface area contributed by atoms with E-state index >= 15 is 0 Å². The molecule has 0 radical (unpaired) electrons. The first-order valence-corrected chi connectivity index (χ1v) is 8.82. The number of oxime groups is 1. The number of nitrogens with zero attached hydrogens (tertiary/aromatic N) is 5. The Kier molecular flexibility index (Phi) is 5.98. The molecule has 0 amide bonds. The van der Waals surface area contributed by atoms with Gasteiger partial charge in [-0.1, -0.05) is 16.8 Å². The maximum Gasteiger partial charge on any atom is 0.418 e. The molecule has 0 aliphatic heterocycles. The van der Waals surface area contributed by atoms with Crippen LogP contribution in [0.3, 0.4) is 0 Å². The molecule has 0 saturated carbocycles. The van der Waals surface area contributed by atoms with E-state index < -0.39 is 46.2 Å². The van der Waals surface area contributed by atoms with Crippen molar-refractivity contribution in [2.75, 3.05) is 12.4 Å². The van der Waals surface area contributed by atoms with E-state index in [4.69, 9.17) is 11.6 Å². The number of halogens is 7. The van der Waals surface area contributed by atoms with E-state index in [1.165, 1.54) is 19.5 Å². The van der Waals surface area contributed by atoms with Crippen molar-refractivity contribution in [2.24, 2.45) is 5.16 Å². The van der Waals surface area contributed by atoms with Crippen LogP contribution in [0.5, 0.6) is 0 Å². The Hall–Kier alpha value is -3.09. The van der Waals surface area contributed by atoms with Crippen molar-refractivity contribution >= 4 is 29.3 Å². The molecule has 1 N–H and O–H groups in total. The zero-order valence-corrected chi connectivity index (χ0v) is 16.5. The fourth-order valence-corrected chi connectivity index (χ4v) is 2.91. The molecule has 1 atom stereocenters. The Morgan fingerprint density at radius 2 is 1.97 bits per heavy atom. The van der Waals surface area contributed by atoms with Crippen molar-refractivity contribution in [3.8, 4) is 11.3 Å². The summed E-state index contributed by atoms with van der Waals surface area (Å²) in [4.78, 5) is 12.3. The normalized spacial score (nSPS) is 13.7. The topological polar surface area (TPSA) is 76.7 Å². The molecule has 7 nitrogen and oxygen atoms in total. The molecule has 0 bridgehead atoms. The summed E-state index contributed by atoms with van der Waals surface area (Å²) >= 11 is 6.17. The minimum absolute atomic E-state index is 0.0593. The second kappa shape index (κ2) is 8.21. The second-order valence-electron chi connectivity index (χ2n) is 6.18. The smallest absolute Gasteiger partial charge is 0.399 e. The maximum absolute atomic E-state index is 13.5. The van der Waals surface area contributed by atoms with Crippen LogP contribution in [0, 0.1) is 0 Å². The van der Waals surface area contributed by atoms with E-state index in [0.717, 1.165) is 29.8 Å². The van der Waals surface area contributed by atoms with E-state index in [2.05, 4.69) is 30.4 Å². The monoisotopic (exact) mass is 466 g/mol. The third-order valence-corrected chi connectivity index (χ3v) is 4.39. The van der Waals surface area contributed by atoms with Crippen LogP contribution in [-0.2, 0) is 11.0 Å². The second-order valence-corrected chi connectivity index (χ2v) is 6.54. The number of nitrogens with one attached hydrogen (secondary N) is 1. The molecule has 14 heteroatoms. The summed E-state index contributed by atoms with van der Waals surface area (Å²) in [5, 5.41) is 9.10. The molecule has 166 valence electrons. The molecule has 1 unspecified atom stereocenters. The molecule has 3 heterocycles. The lowest BCUT2D eigenvalue weighted by molar-refractivity contribution is -0.139. The lowest BCUT2D eigenvalue weighted by Crippen LogP contribution is -2.34. The fourth-order valence-electron chi connectivity index (χ4n) is 2.65. The van der Waals surface area contributed by atoms with E-state index in [9.17, 15) is 26.3 Å². The van der Waals surface area contributed by atoms with Crippen LogP contribution in [0.4, 0.5) is 32.2 Å². The quantitative estimate of drug-likeness (QED) is 0.253. The van der Waals surface area contributed by atoms with E-state index in [1.54, 1.807) is 0 Å². The van der Waals surface area contributed by atoms with Crippen LogP contribution in [0.1, 0.15) is 18.1 Å². The minimum atomic E-state index is -4.85. The first-order valence-electron chi connectivity index (χ1n) is 8.44. The third-order valence-electron chi connectivity index (χ3n) is 4.12. The first kappa shape index (κ1) is 22.6. The predicted molar refractivity (Wildman–Crippen MR) is 100.0 cm³/mol. The van der Waals surface area contributed by atoms with Gasteiger partial charge in [0.2, 0.25) is 0 Å². The molecule has 0 aliphatic carbocycles. The van der Waals surface area contributed by atoms with Crippen molar-refractivity contribution in [3.63, 3.8) is 0 Å². The van der Waals surface area contributed by atoms with Crippen molar-refractivity contribution < 1.29 is 31.2 Å². The molecule has 31 heavy (non-hydrogen) atoms. The standard InChI is InChI=1S/C17H13ClF6N6O/c1-8(16(19,20)21)28-15-11(12-10(17(22,23)24)4-3-5-25-12)13(18)29-14-9(7-27-31-2)6-26-30(14)15/h3-8,28H,1-2H3/b27-7-. The van der Waals surface area contributed by atoms with Crippen LogP contribution in [0.25, 0.3) is 16.9 Å². The lowest BCUT2D eigenvalue weighted by atomic mass is 10.1. The Bertz CT molecular complexity index is 1130. The minimum Gasteiger partial charge on any atom is -0.399 e. The van der Waals surface area contributed by atoms with E-state index in [0.29, 0.717) is 0 Å². The van der Waals surface area contributed by atoms with Gasteiger partial charge in [0.05, 0.1) is 34.8 Å². The highest BCUT2D eigenvalue weighted by Gasteiger charge is 2.39. The van der Waals surface area contributed by atoms with Gasteiger partial charge in [-0.3, -0.25) is 4.98 Å². The molecule has 0 aromatic carbocycles. The molecule has 0 fully saturated rings. The predicted octanol–water partition coefficient (Wildman–Crippen LogP) is 4.81. The molecule has 0 aliphatic rings. The number of aromatic nitrogens is 4. The van der Waals surface area contributed by atoms with Crippen molar-refractivity contribution in [2.45, 2.75) is 25.3 Å². The fraction of sp³-hybridized carbons (Fsp3) is 0.294. The molecule has 0 spiro atoms. The highest BCUT2D eigenvalue weighted by molar-refractivity contribution is 6.33. The van der Waals surface area contributed by atoms with Gasteiger partial charge in [0.25, 0.3) is 0 Å². The summed E-state index contributed by atoms with van der Waals surface area (Å²) < 4.78 is 81.3. The highest BCUT2D eigenvalue weighted by atomic mass is 35.5. The number of hydrogen-bond acceptors (Lipinski definition) is 6. The number of hydrogen-bond donors (Lipinski definition) is 1. The molecule has 3 aromatic rings. The van der Waals surface area contributed by atoms with Crippen LogP contribution in [-0.4, -0.2) is 45.1 Å². The van der Waals surface area contributed by atoms with Gasteiger partial charge in [-0.05, 0) is 19.1 Å². The maximum atomic E-state index is 13.5. The molecule has 3 aromatic heterocycles. The van der Waals surface area contributed by atoms with E-state index in [1.807, 2.05) is 0 Å². The number of pyridine rings is 1. The zero-order chi connectivity index (χ0) is 23.0. The Balaban J connectivity index is 2.35. The van der Waals surface area contributed by atoms with Crippen LogP contribution >= 0.6 is 11.6 Å². The third kappa shape index (κ3) is 4.50. The van der Waals surface area contributed by atoms with Gasteiger partial charge in [0, 0.05) is 6.20 Å². The summed E-state index contributed by atoms with van der Waals surface area (Å²) in [5.74, 6) is -0.471. The first-order chi connectivity index (χ1) is 14.4. The van der Waals surface area contributed by atoms with Gasteiger partial charge in [0.1, 0.15) is 24.1 Å². The Labute approximate surface area is 175 Å². The molecular formula is C17H13ClF6N6O. The van der Waals surface area contributed by atoms with Gasteiger partial charge in [0.15, 0.2) is 5.65 Å². The largest absolute Gasteiger partial charge is 0.418 e. The number of alkyl halides is 6. The van der Waals surface area contributed by atoms with Crippen molar-refractivity contribution in [3.05, 3.63) is 40.8 Å². The van der Waals surface area contributed by atoms with Gasteiger partial charge in [-0.2, -0.15) is 36.0 Å². The van der Waals surface area contributed by atoms with Gasteiger partial charge in [-0.15, -0.1) is 0 Å². The van der Waals surface area contributed by atoms with Gasteiger partial charge in [-0.25, -0.2) is 4.98 Å². The summed E-state index contributed by atoms with van der Waals surface area (Å²) in [5.41, 5.74) is -2.24. The molecule has 0 saturated heterocycles. The van der Waals surface area contributed by atoms with Gasteiger partial charge < -0.3 is 10.2 Å². The summed E-state index contributed by atoms with van der Waals surface area (Å²) in [7, 11) is 1.26. The molecule has 3 rings (SSSR count). The van der Waals surface area contributed by atoms with Crippen molar-refractivity contribution in [1.82, 2.24) is 19.6 Å². The number of anilines is 1. The van der Waals surface area contributed by atoms with E-state index in [-0.39, 0.29) is 11.2 Å². The highest BCUT2D eigenvalue weighted by Crippen LogP contribution is 2.42. The van der Waals surface area contributed by atoms with Crippen LogP contribution in [0.15, 0.2) is 29.7 Å². The number of rotatable bonds is 5.